The van der Waals surface area contributed by atoms with E-state index in [1.165, 1.54) is 0 Å². The molecule has 138 valence electrons. The maximum Gasteiger partial charge on any atom is 0.268 e. The van der Waals surface area contributed by atoms with Crippen LogP contribution in [0.2, 0.25) is 0 Å². The summed E-state index contributed by atoms with van der Waals surface area (Å²) in [7, 11) is 1.64. The predicted molar refractivity (Wildman–Crippen MR) is 101 cm³/mol. The number of methoxy groups -OCH3 is 1. The third kappa shape index (κ3) is 3.52. The highest BCUT2D eigenvalue weighted by molar-refractivity contribution is 6.04. The molecular formula is C21H26N2O3. The van der Waals surface area contributed by atoms with Gasteiger partial charge in [-0.1, -0.05) is 32.0 Å². The van der Waals surface area contributed by atoms with Crippen molar-refractivity contribution in [3.63, 3.8) is 0 Å². The van der Waals surface area contributed by atoms with E-state index in [1.807, 2.05) is 31.2 Å². The molecule has 1 aromatic heterocycles. The number of H-pyrrole nitrogens is 1. The van der Waals surface area contributed by atoms with Crippen LogP contribution in [0.25, 0.3) is 0 Å². The van der Waals surface area contributed by atoms with E-state index in [4.69, 9.17) is 4.74 Å². The molecule has 0 fully saturated rings. The van der Waals surface area contributed by atoms with Gasteiger partial charge in [0.2, 0.25) is 0 Å². The lowest BCUT2D eigenvalue weighted by Crippen LogP contribution is -2.26. The molecule has 1 aliphatic rings. The van der Waals surface area contributed by atoms with E-state index < -0.39 is 0 Å². The minimum Gasteiger partial charge on any atom is -0.496 e. The number of ketones is 1. The summed E-state index contributed by atoms with van der Waals surface area (Å²) in [6.45, 7) is 6.51. The summed E-state index contributed by atoms with van der Waals surface area (Å²) in [6.07, 6.45) is 1.98. The first-order valence-electron chi connectivity index (χ1n) is 8.97. The number of nitrogens with one attached hydrogen (secondary N) is 2. The number of benzene rings is 1. The molecule has 3 rings (SSSR count). The van der Waals surface area contributed by atoms with Crippen LogP contribution in [0.3, 0.4) is 0 Å². The average molecular weight is 354 g/mol. The van der Waals surface area contributed by atoms with Crippen molar-refractivity contribution in [1.82, 2.24) is 10.3 Å². The Balaban J connectivity index is 1.70. The molecule has 1 aromatic carbocycles. The van der Waals surface area contributed by atoms with Crippen LogP contribution < -0.4 is 10.1 Å². The van der Waals surface area contributed by atoms with E-state index >= 15 is 0 Å². The molecule has 0 saturated heterocycles. The Bertz CT molecular complexity index is 849. The van der Waals surface area contributed by atoms with Crippen molar-refractivity contribution in [3.8, 4) is 5.75 Å². The number of hydrogen-bond acceptors (Lipinski definition) is 3. The van der Waals surface area contributed by atoms with Crippen molar-refractivity contribution in [2.45, 2.75) is 40.0 Å². The van der Waals surface area contributed by atoms with Crippen molar-refractivity contribution >= 4 is 11.7 Å². The first-order chi connectivity index (χ1) is 12.3. The molecule has 1 aliphatic carbocycles. The number of carbonyl (C=O) groups excluding carboxylic acids is 2. The second-order valence-corrected chi connectivity index (χ2v) is 7.74. The molecule has 1 amide bonds. The normalized spacial score (nSPS) is 15.5. The van der Waals surface area contributed by atoms with Gasteiger partial charge in [0, 0.05) is 24.2 Å². The summed E-state index contributed by atoms with van der Waals surface area (Å²) in [5.41, 5.74) is 3.84. The standard InChI is InChI=1S/C21H26N2O3/c1-13-18-15(11-21(2,3)12-16(18)24)23-19(13)20(25)22-10-9-14-7-5-6-8-17(14)26-4/h5-8,23H,9-12H2,1-4H3,(H,22,25). The van der Waals surface area contributed by atoms with E-state index in [0.717, 1.165) is 29.0 Å². The molecule has 0 bridgehead atoms. The summed E-state index contributed by atoms with van der Waals surface area (Å²) in [4.78, 5) is 28.3. The molecule has 5 nitrogen and oxygen atoms in total. The fraction of sp³-hybridized carbons (Fsp3) is 0.429. The van der Waals surface area contributed by atoms with Gasteiger partial charge in [-0.2, -0.15) is 0 Å². The highest BCUT2D eigenvalue weighted by Crippen LogP contribution is 2.36. The summed E-state index contributed by atoms with van der Waals surface area (Å²) >= 11 is 0. The SMILES string of the molecule is COc1ccccc1CCNC(=O)c1[nH]c2c(c1C)C(=O)CC(C)(C)C2. The van der Waals surface area contributed by atoms with Crippen LogP contribution in [0.4, 0.5) is 0 Å². The molecule has 0 aliphatic heterocycles. The monoisotopic (exact) mass is 354 g/mol. The van der Waals surface area contributed by atoms with Crippen molar-refractivity contribution < 1.29 is 14.3 Å². The Morgan fingerprint density at radius 1 is 1.27 bits per heavy atom. The van der Waals surface area contributed by atoms with E-state index in [1.54, 1.807) is 7.11 Å². The molecule has 26 heavy (non-hydrogen) atoms. The molecule has 1 heterocycles. The zero-order valence-electron chi connectivity index (χ0n) is 15.9. The van der Waals surface area contributed by atoms with Crippen LogP contribution in [-0.4, -0.2) is 30.3 Å². The Morgan fingerprint density at radius 2 is 2.00 bits per heavy atom. The second-order valence-electron chi connectivity index (χ2n) is 7.74. The van der Waals surface area contributed by atoms with Gasteiger partial charge < -0.3 is 15.0 Å². The lowest BCUT2D eigenvalue weighted by molar-refractivity contribution is 0.0909. The van der Waals surface area contributed by atoms with Gasteiger partial charge in [-0.05, 0) is 42.4 Å². The van der Waals surface area contributed by atoms with Gasteiger partial charge in [0.1, 0.15) is 11.4 Å². The van der Waals surface area contributed by atoms with Crippen LogP contribution in [-0.2, 0) is 12.8 Å². The maximum absolute atomic E-state index is 12.6. The minimum absolute atomic E-state index is 0.0705. The van der Waals surface area contributed by atoms with Gasteiger partial charge in [-0.15, -0.1) is 0 Å². The third-order valence-corrected chi connectivity index (χ3v) is 5.00. The number of hydrogen-bond donors (Lipinski definition) is 2. The zero-order chi connectivity index (χ0) is 18.9. The van der Waals surface area contributed by atoms with Gasteiger partial charge in [0.05, 0.1) is 7.11 Å². The van der Waals surface area contributed by atoms with E-state index in [-0.39, 0.29) is 17.1 Å². The fourth-order valence-corrected chi connectivity index (χ4v) is 3.77. The van der Waals surface area contributed by atoms with Crippen LogP contribution in [0.1, 0.15) is 57.9 Å². The number of aromatic amines is 1. The van der Waals surface area contributed by atoms with Gasteiger partial charge in [0.15, 0.2) is 5.78 Å². The van der Waals surface area contributed by atoms with Gasteiger partial charge in [-0.25, -0.2) is 0 Å². The molecule has 0 spiro atoms. The van der Waals surface area contributed by atoms with E-state index in [9.17, 15) is 9.59 Å². The number of rotatable bonds is 5. The van der Waals surface area contributed by atoms with Gasteiger partial charge in [0.25, 0.3) is 5.91 Å². The van der Waals surface area contributed by atoms with Gasteiger partial charge >= 0.3 is 0 Å². The number of aromatic nitrogens is 1. The van der Waals surface area contributed by atoms with Crippen molar-refractivity contribution in [1.29, 1.82) is 0 Å². The average Bonchev–Trinajstić information content (AvgIpc) is 2.90. The molecule has 2 N–H and O–H groups in total. The Hall–Kier alpha value is -2.56. The summed E-state index contributed by atoms with van der Waals surface area (Å²) in [5, 5.41) is 2.95. The molecule has 0 unspecified atom stereocenters. The van der Waals surface area contributed by atoms with E-state index in [2.05, 4.69) is 24.1 Å². The first-order valence-corrected chi connectivity index (χ1v) is 8.97. The molecule has 0 saturated carbocycles. The molecule has 0 radical (unpaired) electrons. The summed E-state index contributed by atoms with van der Waals surface area (Å²) < 4.78 is 5.34. The third-order valence-electron chi connectivity index (χ3n) is 5.00. The predicted octanol–water partition coefficient (Wildman–Crippen LogP) is 3.46. The highest BCUT2D eigenvalue weighted by atomic mass is 16.5. The number of amides is 1. The number of fused-ring (bicyclic) bond motifs is 1. The number of para-hydroxylation sites is 1. The molecule has 0 atom stereocenters. The zero-order valence-corrected chi connectivity index (χ0v) is 15.9. The van der Waals surface area contributed by atoms with Crippen LogP contribution in [0, 0.1) is 12.3 Å². The van der Waals surface area contributed by atoms with Crippen LogP contribution >= 0.6 is 0 Å². The lowest BCUT2D eigenvalue weighted by atomic mass is 9.75. The Kier molecular flexibility index (Phi) is 4.90. The fourth-order valence-electron chi connectivity index (χ4n) is 3.77. The Morgan fingerprint density at radius 3 is 2.73 bits per heavy atom. The quantitative estimate of drug-likeness (QED) is 0.864. The maximum atomic E-state index is 12.6. The highest BCUT2D eigenvalue weighted by Gasteiger charge is 2.35. The lowest BCUT2D eigenvalue weighted by Gasteiger charge is -2.28. The minimum atomic E-state index is -0.169. The molecule has 2 aromatic rings. The summed E-state index contributed by atoms with van der Waals surface area (Å²) in [5.74, 6) is 0.775. The smallest absolute Gasteiger partial charge is 0.268 e. The van der Waals surface area contributed by atoms with Crippen molar-refractivity contribution in [2.75, 3.05) is 13.7 Å². The van der Waals surface area contributed by atoms with Crippen LogP contribution in [0.15, 0.2) is 24.3 Å². The van der Waals surface area contributed by atoms with Crippen molar-refractivity contribution in [3.05, 3.63) is 52.3 Å². The van der Waals surface area contributed by atoms with Crippen LogP contribution in [0.5, 0.6) is 5.75 Å². The molecule has 5 heteroatoms. The van der Waals surface area contributed by atoms with Gasteiger partial charge in [-0.3, -0.25) is 9.59 Å². The molecular weight excluding hydrogens is 328 g/mol. The number of Topliss-reactive ketones (excluding diaryl/α,β-unsaturated/α-hetero) is 1. The second kappa shape index (κ2) is 6.98. The van der Waals surface area contributed by atoms with Crippen molar-refractivity contribution in [2.24, 2.45) is 5.41 Å². The summed E-state index contributed by atoms with van der Waals surface area (Å²) in [6, 6.07) is 7.78. The first kappa shape index (κ1) is 18.2. The van der Waals surface area contributed by atoms with E-state index in [0.29, 0.717) is 30.6 Å². The number of carbonyl (C=O) groups is 2. The topological polar surface area (TPSA) is 71.2 Å². The number of ether oxygens (including phenoxy) is 1. The Labute approximate surface area is 154 Å². The largest absolute Gasteiger partial charge is 0.496 e.